The SMILES string of the molecule is CC(C)NCCCC(=O)c1cc(Cl)ccc1Cl. The summed E-state index contributed by atoms with van der Waals surface area (Å²) in [5.41, 5.74) is 0.517. The highest BCUT2D eigenvalue weighted by molar-refractivity contribution is 6.35. The zero-order chi connectivity index (χ0) is 12.8. The Hall–Kier alpha value is -0.570. The molecule has 0 unspecified atom stereocenters. The number of nitrogens with one attached hydrogen (secondary N) is 1. The standard InChI is InChI=1S/C13H17Cl2NO/c1-9(2)16-7-3-4-13(17)11-8-10(14)5-6-12(11)15/h5-6,8-9,16H,3-4,7H2,1-2H3. The second-order valence-electron chi connectivity index (χ2n) is 4.26. The minimum Gasteiger partial charge on any atom is -0.315 e. The van der Waals surface area contributed by atoms with Crippen molar-refractivity contribution in [3.63, 3.8) is 0 Å². The van der Waals surface area contributed by atoms with Crippen molar-refractivity contribution in [3.05, 3.63) is 33.8 Å². The molecule has 0 spiro atoms. The van der Waals surface area contributed by atoms with E-state index in [0.29, 0.717) is 28.1 Å². The van der Waals surface area contributed by atoms with Gasteiger partial charge in [0.2, 0.25) is 0 Å². The summed E-state index contributed by atoms with van der Waals surface area (Å²) in [5.74, 6) is 0.0445. The highest BCUT2D eigenvalue weighted by Crippen LogP contribution is 2.22. The molecule has 0 aliphatic heterocycles. The fourth-order valence-electron chi connectivity index (χ4n) is 1.49. The second-order valence-corrected chi connectivity index (χ2v) is 5.10. The second kappa shape index (κ2) is 7.00. The van der Waals surface area contributed by atoms with E-state index in [1.54, 1.807) is 18.2 Å². The molecule has 94 valence electrons. The molecule has 0 atom stereocenters. The van der Waals surface area contributed by atoms with Gasteiger partial charge in [0.1, 0.15) is 0 Å². The maximum absolute atomic E-state index is 11.9. The van der Waals surface area contributed by atoms with Crippen LogP contribution >= 0.6 is 23.2 Å². The van der Waals surface area contributed by atoms with Crippen molar-refractivity contribution in [1.82, 2.24) is 5.32 Å². The molecule has 17 heavy (non-hydrogen) atoms. The Kier molecular flexibility index (Phi) is 5.96. The van der Waals surface area contributed by atoms with E-state index >= 15 is 0 Å². The lowest BCUT2D eigenvalue weighted by atomic mass is 10.1. The lowest BCUT2D eigenvalue weighted by Gasteiger charge is -2.08. The van der Waals surface area contributed by atoms with E-state index in [9.17, 15) is 4.79 Å². The maximum Gasteiger partial charge on any atom is 0.164 e. The molecule has 0 amide bonds. The molecule has 0 aromatic heterocycles. The van der Waals surface area contributed by atoms with Crippen LogP contribution in [0.5, 0.6) is 0 Å². The van der Waals surface area contributed by atoms with Crippen molar-refractivity contribution in [2.75, 3.05) is 6.54 Å². The van der Waals surface area contributed by atoms with Crippen LogP contribution in [0.3, 0.4) is 0 Å². The van der Waals surface area contributed by atoms with E-state index in [1.807, 2.05) is 0 Å². The monoisotopic (exact) mass is 273 g/mol. The Balaban J connectivity index is 2.49. The minimum atomic E-state index is 0.0445. The first kappa shape index (κ1) is 14.5. The van der Waals surface area contributed by atoms with E-state index in [0.717, 1.165) is 13.0 Å². The molecule has 0 heterocycles. The number of benzene rings is 1. The summed E-state index contributed by atoms with van der Waals surface area (Å²) in [5, 5.41) is 4.28. The van der Waals surface area contributed by atoms with Crippen LogP contribution in [0.2, 0.25) is 10.0 Å². The molecule has 0 aliphatic rings. The van der Waals surface area contributed by atoms with Crippen molar-refractivity contribution in [2.45, 2.75) is 32.7 Å². The first-order chi connectivity index (χ1) is 8.00. The van der Waals surface area contributed by atoms with E-state index in [4.69, 9.17) is 23.2 Å². The van der Waals surface area contributed by atoms with Gasteiger partial charge in [-0.25, -0.2) is 0 Å². The van der Waals surface area contributed by atoms with E-state index in [2.05, 4.69) is 19.2 Å². The van der Waals surface area contributed by atoms with Gasteiger partial charge in [0.15, 0.2) is 5.78 Å². The number of carbonyl (C=O) groups is 1. The highest BCUT2D eigenvalue weighted by atomic mass is 35.5. The summed E-state index contributed by atoms with van der Waals surface area (Å²) >= 11 is 11.8. The molecule has 2 nitrogen and oxygen atoms in total. The number of halogens is 2. The minimum absolute atomic E-state index is 0.0445. The van der Waals surface area contributed by atoms with Crippen molar-refractivity contribution in [2.24, 2.45) is 0 Å². The Labute approximate surface area is 112 Å². The molecular weight excluding hydrogens is 257 g/mol. The summed E-state index contributed by atoms with van der Waals surface area (Å²) < 4.78 is 0. The molecule has 1 rings (SSSR count). The first-order valence-electron chi connectivity index (χ1n) is 5.72. The van der Waals surface area contributed by atoms with Crippen molar-refractivity contribution >= 4 is 29.0 Å². The van der Waals surface area contributed by atoms with Gasteiger partial charge in [-0.3, -0.25) is 4.79 Å². The summed E-state index contributed by atoms with van der Waals surface area (Å²) in [6, 6.07) is 5.41. The van der Waals surface area contributed by atoms with Gasteiger partial charge in [0, 0.05) is 23.0 Å². The molecular formula is C13H17Cl2NO. The number of ketones is 1. The zero-order valence-corrected chi connectivity index (χ0v) is 11.6. The summed E-state index contributed by atoms with van der Waals surface area (Å²) in [6.45, 7) is 4.99. The lowest BCUT2D eigenvalue weighted by Crippen LogP contribution is -2.24. The fourth-order valence-corrected chi connectivity index (χ4v) is 1.88. The van der Waals surface area contributed by atoms with Crippen LogP contribution in [0.1, 0.15) is 37.0 Å². The van der Waals surface area contributed by atoms with Crippen LogP contribution in [-0.2, 0) is 0 Å². The number of rotatable bonds is 6. The normalized spacial score (nSPS) is 10.9. The third-order valence-electron chi connectivity index (χ3n) is 2.36. The molecule has 1 N–H and O–H groups in total. The Morgan fingerprint density at radius 1 is 1.35 bits per heavy atom. The summed E-state index contributed by atoms with van der Waals surface area (Å²) in [7, 11) is 0. The quantitative estimate of drug-likeness (QED) is 0.628. The maximum atomic E-state index is 11.9. The molecule has 0 aliphatic carbocycles. The molecule has 1 aromatic rings. The molecule has 0 bridgehead atoms. The first-order valence-corrected chi connectivity index (χ1v) is 6.48. The summed E-state index contributed by atoms with van der Waals surface area (Å²) in [4.78, 5) is 11.9. The van der Waals surface area contributed by atoms with Gasteiger partial charge in [-0.1, -0.05) is 37.0 Å². The van der Waals surface area contributed by atoms with E-state index in [1.165, 1.54) is 0 Å². The molecule has 0 saturated heterocycles. The van der Waals surface area contributed by atoms with Crippen LogP contribution < -0.4 is 5.32 Å². The van der Waals surface area contributed by atoms with Gasteiger partial charge >= 0.3 is 0 Å². The molecule has 4 heteroatoms. The van der Waals surface area contributed by atoms with Gasteiger partial charge in [0.25, 0.3) is 0 Å². The Bertz CT molecular complexity index is 391. The van der Waals surface area contributed by atoms with Crippen molar-refractivity contribution < 1.29 is 4.79 Å². The van der Waals surface area contributed by atoms with Gasteiger partial charge in [-0.05, 0) is 31.2 Å². The fraction of sp³-hybridized carbons (Fsp3) is 0.462. The van der Waals surface area contributed by atoms with Gasteiger partial charge in [-0.15, -0.1) is 0 Å². The Morgan fingerprint density at radius 2 is 2.06 bits per heavy atom. The van der Waals surface area contributed by atoms with Crippen molar-refractivity contribution in [1.29, 1.82) is 0 Å². The van der Waals surface area contributed by atoms with E-state index in [-0.39, 0.29) is 5.78 Å². The summed E-state index contributed by atoms with van der Waals surface area (Å²) in [6.07, 6.45) is 1.29. The smallest absolute Gasteiger partial charge is 0.164 e. The van der Waals surface area contributed by atoms with Crippen LogP contribution in [0.25, 0.3) is 0 Å². The third-order valence-corrected chi connectivity index (χ3v) is 2.93. The molecule has 0 saturated carbocycles. The molecule has 1 aromatic carbocycles. The van der Waals surface area contributed by atoms with Gasteiger partial charge in [0.05, 0.1) is 5.02 Å². The van der Waals surface area contributed by atoms with Gasteiger partial charge < -0.3 is 5.32 Å². The number of hydrogen-bond acceptors (Lipinski definition) is 2. The predicted molar refractivity (Wildman–Crippen MR) is 73.2 cm³/mol. The van der Waals surface area contributed by atoms with E-state index < -0.39 is 0 Å². The van der Waals surface area contributed by atoms with Crippen molar-refractivity contribution in [3.8, 4) is 0 Å². The average Bonchev–Trinajstić information content (AvgIpc) is 2.27. The van der Waals surface area contributed by atoms with Crippen LogP contribution in [0.15, 0.2) is 18.2 Å². The van der Waals surface area contributed by atoms with Gasteiger partial charge in [-0.2, -0.15) is 0 Å². The number of Topliss-reactive ketones (excluding diaryl/α,β-unsaturated/α-hetero) is 1. The zero-order valence-electron chi connectivity index (χ0n) is 10.1. The number of hydrogen-bond donors (Lipinski definition) is 1. The largest absolute Gasteiger partial charge is 0.315 e. The molecule has 0 fully saturated rings. The average molecular weight is 274 g/mol. The third kappa shape index (κ3) is 5.07. The topological polar surface area (TPSA) is 29.1 Å². The Morgan fingerprint density at radius 3 is 2.71 bits per heavy atom. The van der Waals surface area contributed by atoms with Crippen LogP contribution in [-0.4, -0.2) is 18.4 Å². The highest BCUT2D eigenvalue weighted by Gasteiger charge is 2.10. The molecule has 0 radical (unpaired) electrons. The number of carbonyl (C=O) groups excluding carboxylic acids is 1. The predicted octanol–water partition coefficient (Wildman–Crippen LogP) is 3.95. The lowest BCUT2D eigenvalue weighted by molar-refractivity contribution is 0.0980. The van der Waals surface area contributed by atoms with Crippen LogP contribution in [0, 0.1) is 0 Å². The van der Waals surface area contributed by atoms with Crippen LogP contribution in [0.4, 0.5) is 0 Å².